The molecular weight excluding hydrogens is 288 g/mol. The summed E-state index contributed by atoms with van der Waals surface area (Å²) in [4.78, 5) is 17.4. The third kappa shape index (κ3) is 2.82. The maximum Gasteiger partial charge on any atom is 0.225 e. The largest absolute Gasteiger partial charge is 0.396 e. The van der Waals surface area contributed by atoms with Gasteiger partial charge in [0.2, 0.25) is 5.91 Å². The van der Waals surface area contributed by atoms with E-state index in [1.807, 2.05) is 0 Å². The number of hydrogen-bond acceptors (Lipinski definition) is 3. The summed E-state index contributed by atoms with van der Waals surface area (Å²) >= 11 is 0. The van der Waals surface area contributed by atoms with Gasteiger partial charge in [0.1, 0.15) is 0 Å². The van der Waals surface area contributed by atoms with E-state index in [4.69, 9.17) is 0 Å². The first-order valence-electron chi connectivity index (χ1n) is 9.85. The molecule has 0 aromatic rings. The van der Waals surface area contributed by atoms with Crippen LogP contribution in [-0.2, 0) is 4.79 Å². The molecule has 2 aliphatic heterocycles. The average Bonchev–Trinajstić information content (AvgIpc) is 3.14. The molecule has 4 nitrogen and oxygen atoms in total. The van der Waals surface area contributed by atoms with Gasteiger partial charge in [0, 0.05) is 50.7 Å². The lowest BCUT2D eigenvalue weighted by Crippen LogP contribution is -2.48. The number of likely N-dealkylation sites (tertiary alicyclic amines) is 2. The highest BCUT2D eigenvalue weighted by atomic mass is 16.3. The van der Waals surface area contributed by atoms with Crippen LogP contribution in [0.5, 0.6) is 0 Å². The van der Waals surface area contributed by atoms with E-state index >= 15 is 0 Å². The normalized spacial score (nSPS) is 32.6. The lowest BCUT2D eigenvalue weighted by Gasteiger charge is -2.43. The van der Waals surface area contributed by atoms with Crippen molar-refractivity contribution in [2.24, 2.45) is 17.3 Å². The molecule has 1 amide bonds. The standard InChI is InChI=1S/C19H32N2O2/c22-13-16-12-21(17-6-3-7-17)14-19(16)8-10-20(11-9-19)18(23)15-4-1-2-5-15/h15-17,22H,1-14H2. The number of aliphatic hydroxyl groups is 1. The molecule has 1 N–H and O–H groups in total. The molecule has 4 rings (SSSR count). The minimum absolute atomic E-state index is 0.275. The summed E-state index contributed by atoms with van der Waals surface area (Å²) in [6.07, 6.45) is 10.9. The lowest BCUT2D eigenvalue weighted by atomic mass is 9.71. The van der Waals surface area contributed by atoms with Gasteiger partial charge in [0.25, 0.3) is 0 Å². The van der Waals surface area contributed by atoms with Crippen LogP contribution in [0.25, 0.3) is 0 Å². The summed E-state index contributed by atoms with van der Waals surface area (Å²) in [6, 6.07) is 0.779. The van der Waals surface area contributed by atoms with Crippen molar-refractivity contribution in [1.82, 2.24) is 9.80 Å². The summed E-state index contributed by atoms with van der Waals surface area (Å²) in [5, 5.41) is 9.91. The summed E-state index contributed by atoms with van der Waals surface area (Å²) in [5.41, 5.74) is 0.275. The first kappa shape index (κ1) is 15.9. The van der Waals surface area contributed by atoms with E-state index in [0.29, 0.717) is 24.3 Å². The fourth-order valence-corrected chi connectivity index (χ4v) is 5.53. The molecule has 0 bridgehead atoms. The SMILES string of the molecule is O=C(C1CCCC1)N1CCC2(CC1)CN(C1CCC1)CC2CO. The van der Waals surface area contributed by atoms with Gasteiger partial charge in [-0.05, 0) is 43.9 Å². The zero-order valence-electron chi connectivity index (χ0n) is 14.4. The van der Waals surface area contributed by atoms with Crippen molar-refractivity contribution in [2.45, 2.75) is 63.8 Å². The fourth-order valence-electron chi connectivity index (χ4n) is 5.53. The van der Waals surface area contributed by atoms with Crippen LogP contribution in [0.3, 0.4) is 0 Å². The van der Waals surface area contributed by atoms with E-state index in [1.165, 1.54) is 32.1 Å². The van der Waals surface area contributed by atoms with Crippen LogP contribution in [0.1, 0.15) is 57.8 Å². The van der Waals surface area contributed by atoms with Gasteiger partial charge in [-0.1, -0.05) is 19.3 Å². The van der Waals surface area contributed by atoms with Gasteiger partial charge in [0.05, 0.1) is 0 Å². The Hall–Kier alpha value is -0.610. The Labute approximate surface area is 140 Å². The predicted molar refractivity (Wildman–Crippen MR) is 90.0 cm³/mol. The van der Waals surface area contributed by atoms with Crippen molar-refractivity contribution in [3.8, 4) is 0 Å². The monoisotopic (exact) mass is 320 g/mol. The van der Waals surface area contributed by atoms with E-state index < -0.39 is 0 Å². The van der Waals surface area contributed by atoms with Crippen LogP contribution in [0.15, 0.2) is 0 Å². The van der Waals surface area contributed by atoms with E-state index in [1.54, 1.807) is 0 Å². The molecule has 2 aliphatic carbocycles. The summed E-state index contributed by atoms with van der Waals surface area (Å²) in [5.74, 6) is 1.16. The number of amides is 1. The second-order valence-corrected chi connectivity index (χ2v) is 8.56. The molecule has 2 saturated carbocycles. The summed E-state index contributed by atoms with van der Waals surface area (Å²) in [6.45, 7) is 4.40. The Balaban J connectivity index is 1.38. The molecule has 1 spiro atoms. The topological polar surface area (TPSA) is 43.8 Å². The highest BCUT2D eigenvalue weighted by Gasteiger charge is 2.50. The third-order valence-corrected chi connectivity index (χ3v) is 7.43. The van der Waals surface area contributed by atoms with E-state index in [0.717, 1.165) is 57.9 Å². The molecule has 0 aromatic heterocycles. The van der Waals surface area contributed by atoms with Crippen LogP contribution in [0.4, 0.5) is 0 Å². The van der Waals surface area contributed by atoms with E-state index in [-0.39, 0.29) is 5.41 Å². The van der Waals surface area contributed by atoms with Gasteiger partial charge < -0.3 is 10.0 Å². The van der Waals surface area contributed by atoms with Gasteiger partial charge >= 0.3 is 0 Å². The van der Waals surface area contributed by atoms with Gasteiger partial charge in [-0.2, -0.15) is 0 Å². The molecule has 4 fully saturated rings. The molecule has 0 aromatic carbocycles. The fraction of sp³-hybridized carbons (Fsp3) is 0.947. The van der Waals surface area contributed by atoms with Gasteiger partial charge in [-0.25, -0.2) is 0 Å². The van der Waals surface area contributed by atoms with Crippen molar-refractivity contribution in [3.05, 3.63) is 0 Å². The number of hydrogen-bond donors (Lipinski definition) is 1. The molecule has 2 heterocycles. The van der Waals surface area contributed by atoms with Gasteiger partial charge in [0.15, 0.2) is 0 Å². The molecule has 4 heteroatoms. The first-order chi connectivity index (χ1) is 11.2. The molecule has 1 unspecified atom stereocenters. The lowest BCUT2D eigenvalue weighted by molar-refractivity contribution is -0.138. The summed E-state index contributed by atoms with van der Waals surface area (Å²) in [7, 11) is 0. The molecular formula is C19H32N2O2. The molecule has 0 radical (unpaired) electrons. The maximum absolute atomic E-state index is 12.6. The zero-order chi connectivity index (χ0) is 15.9. The van der Waals surface area contributed by atoms with Crippen molar-refractivity contribution < 1.29 is 9.90 Å². The molecule has 130 valence electrons. The second-order valence-electron chi connectivity index (χ2n) is 8.56. The number of rotatable bonds is 3. The Morgan fingerprint density at radius 2 is 1.74 bits per heavy atom. The number of piperidine rings is 1. The van der Waals surface area contributed by atoms with E-state index in [2.05, 4.69) is 9.80 Å². The smallest absolute Gasteiger partial charge is 0.225 e. The quantitative estimate of drug-likeness (QED) is 0.867. The number of carbonyl (C=O) groups excluding carboxylic acids is 1. The van der Waals surface area contributed by atoms with Crippen LogP contribution in [-0.4, -0.2) is 59.6 Å². The highest BCUT2D eigenvalue weighted by Crippen LogP contribution is 2.47. The Bertz CT molecular complexity index is 435. The summed E-state index contributed by atoms with van der Waals surface area (Å²) < 4.78 is 0. The van der Waals surface area contributed by atoms with Crippen molar-refractivity contribution in [2.75, 3.05) is 32.8 Å². The first-order valence-corrected chi connectivity index (χ1v) is 9.85. The van der Waals surface area contributed by atoms with Crippen molar-refractivity contribution in [1.29, 1.82) is 0 Å². The van der Waals surface area contributed by atoms with Gasteiger partial charge in [-0.15, -0.1) is 0 Å². The molecule has 1 atom stereocenters. The second kappa shape index (κ2) is 6.36. The minimum atomic E-state index is 0.275. The van der Waals surface area contributed by atoms with Crippen LogP contribution in [0.2, 0.25) is 0 Å². The predicted octanol–water partition coefficient (Wildman–Crippen LogP) is 2.26. The highest BCUT2D eigenvalue weighted by molar-refractivity contribution is 5.79. The van der Waals surface area contributed by atoms with Crippen molar-refractivity contribution in [3.63, 3.8) is 0 Å². The average molecular weight is 320 g/mol. The number of aliphatic hydroxyl groups excluding tert-OH is 1. The minimum Gasteiger partial charge on any atom is -0.396 e. The van der Waals surface area contributed by atoms with Crippen LogP contribution in [0, 0.1) is 17.3 Å². The van der Waals surface area contributed by atoms with Crippen LogP contribution >= 0.6 is 0 Å². The van der Waals surface area contributed by atoms with Crippen LogP contribution < -0.4 is 0 Å². The maximum atomic E-state index is 12.6. The van der Waals surface area contributed by atoms with E-state index in [9.17, 15) is 9.90 Å². The number of nitrogens with zero attached hydrogens (tertiary/aromatic N) is 2. The molecule has 23 heavy (non-hydrogen) atoms. The number of carbonyl (C=O) groups is 1. The Kier molecular flexibility index (Phi) is 4.39. The zero-order valence-corrected chi connectivity index (χ0v) is 14.4. The van der Waals surface area contributed by atoms with Crippen molar-refractivity contribution >= 4 is 5.91 Å². The third-order valence-electron chi connectivity index (χ3n) is 7.43. The Morgan fingerprint density at radius 3 is 2.30 bits per heavy atom. The Morgan fingerprint density at radius 1 is 1.04 bits per heavy atom. The molecule has 2 saturated heterocycles. The molecule has 4 aliphatic rings. The van der Waals surface area contributed by atoms with Gasteiger partial charge in [-0.3, -0.25) is 9.69 Å².